The van der Waals surface area contributed by atoms with Crippen LogP contribution in [0.1, 0.15) is 5.56 Å². The molecule has 0 bridgehead atoms. The molecule has 1 aromatic carbocycles. The molecule has 2 aromatic rings. The van der Waals surface area contributed by atoms with Gasteiger partial charge in [0.15, 0.2) is 4.77 Å². The maximum absolute atomic E-state index is 10.6. The number of fused-ring (bicyclic) bond motifs is 1. The summed E-state index contributed by atoms with van der Waals surface area (Å²) in [4.78, 5) is 16.0. The second-order valence-electron chi connectivity index (χ2n) is 3.02. The number of rotatable bonds is 1. The van der Waals surface area contributed by atoms with Crippen LogP contribution in [0.15, 0.2) is 12.1 Å². The molecule has 0 amide bonds. The molecule has 0 saturated heterocycles. The third-order valence-corrected chi connectivity index (χ3v) is 2.23. The van der Waals surface area contributed by atoms with Crippen molar-refractivity contribution in [2.75, 3.05) is 0 Å². The topological polar surface area (TPSA) is 74.7 Å². The molecule has 5 nitrogen and oxygen atoms in total. The number of aromatic amines is 2. The summed E-state index contributed by atoms with van der Waals surface area (Å²) in [5, 5.41) is 10.6. The quantitative estimate of drug-likeness (QED) is 0.430. The summed E-state index contributed by atoms with van der Waals surface area (Å²) in [5.41, 5.74) is 2.17. The molecule has 2 rings (SSSR count). The van der Waals surface area contributed by atoms with E-state index in [0.717, 1.165) is 5.52 Å². The minimum atomic E-state index is -0.404. The van der Waals surface area contributed by atoms with Gasteiger partial charge in [0.05, 0.1) is 16.0 Å². The van der Waals surface area contributed by atoms with Gasteiger partial charge in [-0.25, -0.2) is 0 Å². The second kappa shape index (κ2) is 2.91. The molecule has 0 fully saturated rings. The van der Waals surface area contributed by atoms with E-state index in [1.807, 2.05) is 0 Å². The van der Waals surface area contributed by atoms with Crippen LogP contribution >= 0.6 is 12.2 Å². The van der Waals surface area contributed by atoms with Crippen molar-refractivity contribution in [1.82, 2.24) is 9.97 Å². The summed E-state index contributed by atoms with van der Waals surface area (Å²) in [6.07, 6.45) is 0. The van der Waals surface area contributed by atoms with Crippen LogP contribution in [0.5, 0.6) is 0 Å². The highest BCUT2D eigenvalue weighted by molar-refractivity contribution is 7.71. The maximum atomic E-state index is 10.6. The minimum absolute atomic E-state index is 0.0998. The van der Waals surface area contributed by atoms with Gasteiger partial charge in [0, 0.05) is 11.6 Å². The van der Waals surface area contributed by atoms with E-state index >= 15 is 0 Å². The first-order chi connectivity index (χ1) is 6.58. The summed E-state index contributed by atoms with van der Waals surface area (Å²) < 4.78 is 0.472. The molecule has 1 aromatic heterocycles. The summed E-state index contributed by atoms with van der Waals surface area (Å²) >= 11 is 4.88. The Morgan fingerprint density at radius 3 is 2.50 bits per heavy atom. The molecule has 0 spiro atoms. The number of hydrogen-bond donors (Lipinski definition) is 2. The summed E-state index contributed by atoms with van der Waals surface area (Å²) in [5.74, 6) is 0. The van der Waals surface area contributed by atoms with Crippen LogP contribution in [0.4, 0.5) is 5.69 Å². The number of aryl methyl sites for hydroxylation is 1. The molecule has 6 heteroatoms. The molecular weight excluding hydrogens is 202 g/mol. The van der Waals surface area contributed by atoms with Crippen LogP contribution < -0.4 is 0 Å². The van der Waals surface area contributed by atoms with Crippen LogP contribution in [-0.4, -0.2) is 14.9 Å². The van der Waals surface area contributed by atoms with Crippen molar-refractivity contribution in [2.24, 2.45) is 0 Å². The van der Waals surface area contributed by atoms with Gasteiger partial charge < -0.3 is 9.97 Å². The predicted octanol–water partition coefficient (Wildman–Crippen LogP) is 2.44. The van der Waals surface area contributed by atoms with Crippen molar-refractivity contribution < 1.29 is 4.92 Å². The lowest BCUT2D eigenvalue weighted by atomic mass is 10.2. The Morgan fingerprint density at radius 2 is 1.93 bits per heavy atom. The number of nitrogens with one attached hydrogen (secondary N) is 2. The van der Waals surface area contributed by atoms with Crippen LogP contribution in [0, 0.1) is 21.8 Å². The fourth-order valence-corrected chi connectivity index (χ4v) is 1.60. The first-order valence-corrected chi connectivity index (χ1v) is 4.36. The van der Waals surface area contributed by atoms with Gasteiger partial charge in [0.25, 0.3) is 5.69 Å². The zero-order valence-electron chi connectivity index (χ0n) is 7.33. The molecule has 0 aliphatic carbocycles. The molecule has 0 aliphatic rings. The Balaban J connectivity index is 2.82. The number of nitro benzene ring substituents is 1. The van der Waals surface area contributed by atoms with E-state index in [0.29, 0.717) is 15.9 Å². The van der Waals surface area contributed by atoms with Crippen molar-refractivity contribution >= 4 is 28.9 Å². The van der Waals surface area contributed by atoms with Gasteiger partial charge in [-0.1, -0.05) is 0 Å². The van der Waals surface area contributed by atoms with Crippen molar-refractivity contribution in [3.8, 4) is 0 Å². The van der Waals surface area contributed by atoms with Gasteiger partial charge >= 0.3 is 0 Å². The van der Waals surface area contributed by atoms with E-state index in [1.165, 1.54) is 6.07 Å². The average Bonchev–Trinajstić information content (AvgIpc) is 2.42. The summed E-state index contributed by atoms with van der Waals surface area (Å²) in [7, 11) is 0. The number of imidazole rings is 1. The van der Waals surface area contributed by atoms with Gasteiger partial charge in [-0.2, -0.15) is 0 Å². The Hall–Kier alpha value is -1.69. The Bertz CT molecular complexity index is 569. The standard InChI is InChI=1S/C8H7N3O2S/c1-4-2-5-6(10-8(14)9-5)3-7(4)11(12)13/h2-3H,1H3,(H2,9,10,14). The van der Waals surface area contributed by atoms with Gasteiger partial charge in [-0.05, 0) is 25.2 Å². The normalized spacial score (nSPS) is 10.6. The number of benzene rings is 1. The van der Waals surface area contributed by atoms with Crippen LogP contribution in [0.25, 0.3) is 11.0 Å². The highest BCUT2D eigenvalue weighted by Crippen LogP contribution is 2.22. The van der Waals surface area contributed by atoms with E-state index in [9.17, 15) is 10.1 Å². The predicted molar refractivity (Wildman–Crippen MR) is 54.9 cm³/mol. The van der Waals surface area contributed by atoms with Crippen molar-refractivity contribution in [3.05, 3.63) is 32.6 Å². The molecule has 0 saturated carbocycles. The monoisotopic (exact) mass is 209 g/mol. The van der Waals surface area contributed by atoms with E-state index in [-0.39, 0.29) is 5.69 Å². The summed E-state index contributed by atoms with van der Waals surface area (Å²) in [6.45, 7) is 1.70. The molecule has 0 aliphatic heterocycles. The van der Waals surface area contributed by atoms with E-state index in [4.69, 9.17) is 12.2 Å². The first kappa shape index (κ1) is 8.89. The molecular formula is C8H7N3O2S. The Kier molecular flexibility index (Phi) is 1.85. The van der Waals surface area contributed by atoms with Gasteiger partial charge in [-0.15, -0.1) is 0 Å². The molecule has 0 atom stereocenters. The molecule has 0 radical (unpaired) electrons. The van der Waals surface area contributed by atoms with E-state index in [2.05, 4.69) is 9.97 Å². The number of nitro groups is 1. The van der Waals surface area contributed by atoms with Gasteiger partial charge in [0.1, 0.15) is 0 Å². The lowest BCUT2D eigenvalue weighted by Crippen LogP contribution is -1.91. The van der Waals surface area contributed by atoms with Crippen LogP contribution in [0.2, 0.25) is 0 Å². The van der Waals surface area contributed by atoms with Crippen molar-refractivity contribution in [3.63, 3.8) is 0 Å². The Morgan fingerprint density at radius 1 is 1.36 bits per heavy atom. The third kappa shape index (κ3) is 1.29. The minimum Gasteiger partial charge on any atom is -0.331 e. The zero-order valence-corrected chi connectivity index (χ0v) is 8.14. The second-order valence-corrected chi connectivity index (χ2v) is 3.43. The lowest BCUT2D eigenvalue weighted by molar-refractivity contribution is -0.385. The fraction of sp³-hybridized carbons (Fsp3) is 0.125. The molecule has 72 valence electrons. The number of H-pyrrole nitrogens is 2. The van der Waals surface area contributed by atoms with Crippen LogP contribution in [-0.2, 0) is 0 Å². The molecule has 0 unspecified atom stereocenters. The number of hydrogen-bond acceptors (Lipinski definition) is 3. The average molecular weight is 209 g/mol. The molecule has 2 N–H and O–H groups in total. The fourth-order valence-electron chi connectivity index (χ4n) is 1.38. The third-order valence-electron chi connectivity index (χ3n) is 2.03. The SMILES string of the molecule is Cc1cc2[nH]c(=S)[nH]c2cc1[N+](=O)[O-]. The summed E-state index contributed by atoms with van der Waals surface area (Å²) in [6, 6.07) is 3.19. The maximum Gasteiger partial charge on any atom is 0.274 e. The van der Waals surface area contributed by atoms with Crippen LogP contribution in [0.3, 0.4) is 0 Å². The largest absolute Gasteiger partial charge is 0.331 e. The zero-order chi connectivity index (χ0) is 10.3. The lowest BCUT2D eigenvalue weighted by Gasteiger charge is -1.96. The molecule has 1 heterocycles. The number of aromatic nitrogens is 2. The van der Waals surface area contributed by atoms with Gasteiger partial charge in [0.2, 0.25) is 0 Å². The highest BCUT2D eigenvalue weighted by atomic mass is 32.1. The molecule has 14 heavy (non-hydrogen) atoms. The van der Waals surface area contributed by atoms with Gasteiger partial charge in [-0.3, -0.25) is 10.1 Å². The number of nitrogens with zero attached hydrogens (tertiary/aromatic N) is 1. The van der Waals surface area contributed by atoms with E-state index < -0.39 is 4.92 Å². The first-order valence-electron chi connectivity index (χ1n) is 3.95. The van der Waals surface area contributed by atoms with Crippen molar-refractivity contribution in [1.29, 1.82) is 0 Å². The smallest absolute Gasteiger partial charge is 0.274 e. The Labute approximate surface area is 83.9 Å². The van der Waals surface area contributed by atoms with Crippen molar-refractivity contribution in [2.45, 2.75) is 6.92 Å². The highest BCUT2D eigenvalue weighted by Gasteiger charge is 2.12. The van der Waals surface area contributed by atoms with E-state index in [1.54, 1.807) is 13.0 Å².